The van der Waals surface area contributed by atoms with E-state index in [1.165, 1.54) is 12.5 Å². The predicted octanol–water partition coefficient (Wildman–Crippen LogP) is -0.732. The highest BCUT2D eigenvalue weighted by Crippen LogP contribution is 2.17. The largest absolute Gasteiger partial charge is 0.244 e. The van der Waals surface area contributed by atoms with Gasteiger partial charge in [0.15, 0.2) is 0 Å². The average Bonchev–Trinajstić information content (AvgIpc) is 2.29. The lowest BCUT2D eigenvalue weighted by molar-refractivity contribution is 0.589. The molecule has 2 rings (SSSR count). The molecule has 0 aromatic carbocycles. The second-order valence-electron chi connectivity index (χ2n) is 2.16. The Kier molecular flexibility index (Phi) is 1.21. The Morgan fingerprint density at radius 1 is 1.55 bits per heavy atom. The fraction of sp³-hybridized carbons (Fsp3) is 0.200. The second-order valence-corrected chi connectivity index (χ2v) is 3.89. The van der Waals surface area contributed by atoms with Crippen LogP contribution < -0.4 is 4.72 Å². The highest BCUT2D eigenvalue weighted by Gasteiger charge is 2.26. The van der Waals surface area contributed by atoms with E-state index in [2.05, 4.69) is 14.7 Å². The molecule has 0 bridgehead atoms. The van der Waals surface area contributed by atoms with Gasteiger partial charge in [0.1, 0.15) is 11.2 Å². The van der Waals surface area contributed by atoms with Gasteiger partial charge in [0.25, 0.3) is 0 Å². The van der Waals surface area contributed by atoms with Crippen molar-refractivity contribution in [1.82, 2.24) is 14.7 Å². The lowest BCUT2D eigenvalue weighted by Crippen LogP contribution is -2.13. The molecule has 2 heterocycles. The van der Waals surface area contributed by atoms with Gasteiger partial charge >= 0.3 is 0 Å². The van der Waals surface area contributed by atoms with Gasteiger partial charge in [-0.1, -0.05) is 0 Å². The van der Waals surface area contributed by atoms with Crippen LogP contribution in [0.2, 0.25) is 0 Å². The molecule has 0 spiro atoms. The van der Waals surface area contributed by atoms with Gasteiger partial charge in [-0.2, -0.15) is 0 Å². The van der Waals surface area contributed by atoms with Crippen LogP contribution in [0.15, 0.2) is 17.4 Å². The summed E-state index contributed by atoms with van der Waals surface area (Å²) in [6.45, 7) is 0.278. The average molecular weight is 171 g/mol. The predicted molar refractivity (Wildman–Crippen MR) is 36.1 cm³/mol. The summed E-state index contributed by atoms with van der Waals surface area (Å²) in [5.74, 6) is 0. The molecule has 0 saturated heterocycles. The Morgan fingerprint density at radius 3 is 3.09 bits per heavy atom. The number of nitrogens with one attached hydrogen (secondary N) is 1. The standard InChI is InChI=1S/C5H5N3O2S/c9-11(10)5-2-6-3-7-4(5)1-8-11/h2-3,8H,1H2. The maximum absolute atomic E-state index is 11.1. The van der Waals surface area contributed by atoms with Gasteiger partial charge in [-0.3, -0.25) is 0 Å². The summed E-state index contributed by atoms with van der Waals surface area (Å²) in [6.07, 6.45) is 2.64. The fourth-order valence-electron chi connectivity index (χ4n) is 0.941. The van der Waals surface area contributed by atoms with Gasteiger partial charge in [-0.05, 0) is 0 Å². The number of nitrogens with zero attached hydrogens (tertiary/aromatic N) is 2. The summed E-state index contributed by atoms with van der Waals surface area (Å²) in [4.78, 5) is 7.62. The first kappa shape index (κ1) is 6.68. The first-order chi connectivity index (χ1) is 5.20. The molecular formula is C5H5N3O2S. The zero-order valence-electron chi connectivity index (χ0n) is 5.48. The molecule has 1 aromatic heterocycles. The van der Waals surface area contributed by atoms with E-state index in [1.54, 1.807) is 0 Å². The number of sulfonamides is 1. The van der Waals surface area contributed by atoms with E-state index in [1.807, 2.05) is 0 Å². The van der Waals surface area contributed by atoms with E-state index in [0.717, 1.165) is 0 Å². The second kappa shape index (κ2) is 1.99. The third-order valence-corrected chi connectivity index (χ3v) is 2.92. The first-order valence-electron chi connectivity index (χ1n) is 2.99. The van der Waals surface area contributed by atoms with Crippen molar-refractivity contribution in [3.05, 3.63) is 18.2 Å². The van der Waals surface area contributed by atoms with E-state index in [-0.39, 0.29) is 11.4 Å². The summed E-state index contributed by atoms with van der Waals surface area (Å²) in [7, 11) is -3.28. The molecule has 0 saturated carbocycles. The summed E-state index contributed by atoms with van der Waals surface area (Å²) < 4.78 is 24.5. The quantitative estimate of drug-likeness (QED) is 0.558. The van der Waals surface area contributed by atoms with Crippen LogP contribution in [0, 0.1) is 0 Å². The fourth-order valence-corrected chi connectivity index (χ4v) is 2.06. The Balaban J connectivity index is 2.75. The third-order valence-electron chi connectivity index (χ3n) is 1.48. The van der Waals surface area contributed by atoms with E-state index in [0.29, 0.717) is 5.69 Å². The summed E-state index contributed by atoms with van der Waals surface area (Å²) in [5, 5.41) is 0. The third kappa shape index (κ3) is 0.908. The van der Waals surface area contributed by atoms with Gasteiger partial charge in [0.05, 0.1) is 18.4 Å². The Labute approximate surface area is 63.5 Å². The maximum Gasteiger partial charge on any atom is 0.244 e. The Hall–Kier alpha value is -1.01. The molecule has 0 unspecified atom stereocenters. The van der Waals surface area contributed by atoms with Crippen molar-refractivity contribution in [3.63, 3.8) is 0 Å². The molecular weight excluding hydrogens is 166 g/mol. The monoisotopic (exact) mass is 171 g/mol. The smallest absolute Gasteiger partial charge is 0.243 e. The molecule has 1 aliphatic heterocycles. The molecule has 0 amide bonds. The van der Waals surface area contributed by atoms with Crippen molar-refractivity contribution < 1.29 is 8.42 Å². The number of rotatable bonds is 0. The molecule has 1 aliphatic rings. The van der Waals surface area contributed by atoms with Crippen LogP contribution in [0.1, 0.15) is 5.69 Å². The van der Waals surface area contributed by atoms with Crippen molar-refractivity contribution in [2.45, 2.75) is 11.4 Å². The van der Waals surface area contributed by atoms with Gasteiger partial charge in [0, 0.05) is 0 Å². The molecule has 0 radical (unpaired) electrons. The van der Waals surface area contributed by atoms with Crippen LogP contribution in [0.25, 0.3) is 0 Å². The number of fused-ring (bicyclic) bond motifs is 1. The van der Waals surface area contributed by atoms with E-state index >= 15 is 0 Å². The van der Waals surface area contributed by atoms with Crippen molar-refractivity contribution >= 4 is 10.0 Å². The molecule has 5 nitrogen and oxygen atoms in total. The Bertz CT molecular complexity index is 386. The molecule has 0 aliphatic carbocycles. The van der Waals surface area contributed by atoms with E-state index in [9.17, 15) is 8.42 Å². The summed E-state index contributed by atoms with van der Waals surface area (Å²) >= 11 is 0. The van der Waals surface area contributed by atoms with Crippen LogP contribution in [0.3, 0.4) is 0 Å². The van der Waals surface area contributed by atoms with Gasteiger partial charge in [-0.15, -0.1) is 0 Å². The van der Waals surface area contributed by atoms with E-state index < -0.39 is 10.0 Å². The molecule has 0 fully saturated rings. The minimum Gasteiger partial charge on any atom is -0.243 e. The van der Waals surface area contributed by atoms with Crippen molar-refractivity contribution in [3.8, 4) is 0 Å². The molecule has 1 aromatic rings. The Morgan fingerprint density at radius 2 is 2.36 bits per heavy atom. The number of aromatic nitrogens is 2. The van der Waals surface area contributed by atoms with Crippen LogP contribution in [-0.2, 0) is 16.6 Å². The normalized spacial score (nSPS) is 19.6. The molecule has 11 heavy (non-hydrogen) atoms. The minimum absolute atomic E-state index is 0.194. The highest BCUT2D eigenvalue weighted by atomic mass is 32.2. The topological polar surface area (TPSA) is 72.0 Å². The lowest BCUT2D eigenvalue weighted by atomic mass is 10.4. The molecule has 58 valence electrons. The number of hydrogen-bond acceptors (Lipinski definition) is 4. The van der Waals surface area contributed by atoms with E-state index in [4.69, 9.17) is 0 Å². The molecule has 1 N–H and O–H groups in total. The van der Waals surface area contributed by atoms with Gasteiger partial charge in [-0.25, -0.2) is 23.1 Å². The highest BCUT2D eigenvalue weighted by molar-refractivity contribution is 7.89. The zero-order chi connectivity index (χ0) is 7.90. The van der Waals surface area contributed by atoms with Gasteiger partial charge in [0.2, 0.25) is 10.0 Å². The van der Waals surface area contributed by atoms with Crippen LogP contribution in [0.5, 0.6) is 0 Å². The van der Waals surface area contributed by atoms with Crippen LogP contribution >= 0.6 is 0 Å². The maximum atomic E-state index is 11.1. The van der Waals surface area contributed by atoms with Crippen molar-refractivity contribution in [2.24, 2.45) is 0 Å². The van der Waals surface area contributed by atoms with Gasteiger partial charge < -0.3 is 0 Å². The minimum atomic E-state index is -3.28. The first-order valence-corrected chi connectivity index (χ1v) is 4.47. The molecule has 6 heteroatoms. The number of hydrogen-bond donors (Lipinski definition) is 1. The lowest BCUT2D eigenvalue weighted by Gasteiger charge is -1.91. The van der Waals surface area contributed by atoms with Crippen LogP contribution in [-0.4, -0.2) is 18.4 Å². The van der Waals surface area contributed by atoms with Crippen LogP contribution in [0.4, 0.5) is 0 Å². The van der Waals surface area contributed by atoms with Crippen molar-refractivity contribution in [1.29, 1.82) is 0 Å². The summed E-state index contributed by atoms with van der Waals surface area (Å²) in [5.41, 5.74) is 0.542. The summed E-state index contributed by atoms with van der Waals surface area (Å²) in [6, 6.07) is 0. The van der Waals surface area contributed by atoms with Crippen molar-refractivity contribution in [2.75, 3.05) is 0 Å². The molecule has 0 atom stereocenters. The SMILES string of the molecule is O=S1(=O)NCc2ncncc21. The zero-order valence-corrected chi connectivity index (χ0v) is 6.30.